The predicted molar refractivity (Wildman–Crippen MR) is 101 cm³/mol. The molecule has 0 saturated carbocycles. The average Bonchev–Trinajstić information content (AvgIpc) is 3.41. The van der Waals surface area contributed by atoms with Gasteiger partial charge in [0.05, 0.1) is 18.8 Å². The quantitative estimate of drug-likeness (QED) is 0.527. The lowest BCUT2D eigenvalue weighted by atomic mass is 10.2. The molecule has 1 amide bonds. The maximum atomic E-state index is 12.4. The van der Waals surface area contributed by atoms with Crippen molar-refractivity contribution in [2.75, 3.05) is 0 Å². The van der Waals surface area contributed by atoms with E-state index in [9.17, 15) is 4.79 Å². The first kappa shape index (κ1) is 17.0. The molecule has 138 valence electrons. The standard InChI is InChI=1S/C19H21N7O/c1-2-8-26-13-21-24-18(26)11-20-19(27)16-10-15(22-23-16)12-25-9-7-14-5-3-4-6-17(14)25/h3-7,9-10,13H,2,8,11-12H2,1H3,(H,20,27)(H,22,23). The summed E-state index contributed by atoms with van der Waals surface area (Å²) in [4.78, 5) is 12.4. The number of nitrogens with zero attached hydrogens (tertiary/aromatic N) is 5. The second kappa shape index (κ2) is 7.45. The Bertz CT molecular complexity index is 1060. The van der Waals surface area contributed by atoms with Crippen LogP contribution in [0.25, 0.3) is 10.9 Å². The molecule has 4 aromatic rings. The second-order valence-electron chi connectivity index (χ2n) is 6.40. The van der Waals surface area contributed by atoms with Crippen molar-refractivity contribution in [2.24, 2.45) is 0 Å². The van der Waals surface area contributed by atoms with Gasteiger partial charge in [0, 0.05) is 18.3 Å². The number of rotatable bonds is 7. The highest BCUT2D eigenvalue weighted by molar-refractivity contribution is 5.92. The fourth-order valence-corrected chi connectivity index (χ4v) is 3.11. The predicted octanol–water partition coefficient (Wildman–Crippen LogP) is 2.34. The van der Waals surface area contributed by atoms with Gasteiger partial charge in [-0.15, -0.1) is 10.2 Å². The van der Waals surface area contributed by atoms with E-state index in [1.165, 1.54) is 5.39 Å². The van der Waals surface area contributed by atoms with Crippen molar-refractivity contribution >= 4 is 16.8 Å². The molecule has 0 saturated heterocycles. The van der Waals surface area contributed by atoms with Gasteiger partial charge in [0.2, 0.25) is 0 Å². The molecule has 4 rings (SSSR count). The highest BCUT2D eigenvalue weighted by atomic mass is 16.1. The lowest BCUT2D eigenvalue weighted by Crippen LogP contribution is -2.25. The summed E-state index contributed by atoms with van der Waals surface area (Å²) in [6.45, 7) is 3.86. The van der Waals surface area contributed by atoms with E-state index in [-0.39, 0.29) is 5.91 Å². The van der Waals surface area contributed by atoms with Crippen molar-refractivity contribution in [1.82, 2.24) is 34.8 Å². The highest BCUT2D eigenvalue weighted by Gasteiger charge is 2.13. The zero-order valence-corrected chi connectivity index (χ0v) is 15.1. The van der Waals surface area contributed by atoms with Crippen LogP contribution < -0.4 is 5.32 Å². The number of aromatic nitrogens is 6. The fourth-order valence-electron chi connectivity index (χ4n) is 3.11. The molecular weight excluding hydrogens is 342 g/mol. The van der Waals surface area contributed by atoms with Gasteiger partial charge in [-0.3, -0.25) is 9.89 Å². The largest absolute Gasteiger partial charge is 0.343 e. The van der Waals surface area contributed by atoms with Crippen LogP contribution >= 0.6 is 0 Å². The molecule has 0 atom stereocenters. The van der Waals surface area contributed by atoms with Crippen LogP contribution in [0.1, 0.15) is 35.4 Å². The number of carbonyl (C=O) groups is 1. The number of H-pyrrole nitrogens is 1. The van der Waals surface area contributed by atoms with Gasteiger partial charge in [-0.1, -0.05) is 25.1 Å². The van der Waals surface area contributed by atoms with Crippen molar-refractivity contribution in [1.29, 1.82) is 0 Å². The smallest absolute Gasteiger partial charge is 0.272 e. The first-order valence-corrected chi connectivity index (χ1v) is 8.97. The van der Waals surface area contributed by atoms with Gasteiger partial charge in [-0.05, 0) is 30.0 Å². The minimum Gasteiger partial charge on any atom is -0.343 e. The molecular formula is C19H21N7O. The van der Waals surface area contributed by atoms with Gasteiger partial charge in [0.25, 0.3) is 5.91 Å². The Morgan fingerprint density at radius 3 is 3.00 bits per heavy atom. The van der Waals surface area contributed by atoms with E-state index in [4.69, 9.17) is 0 Å². The van der Waals surface area contributed by atoms with E-state index in [1.54, 1.807) is 12.4 Å². The van der Waals surface area contributed by atoms with Gasteiger partial charge >= 0.3 is 0 Å². The summed E-state index contributed by atoms with van der Waals surface area (Å²) in [5.74, 6) is 0.501. The van der Waals surface area contributed by atoms with Crippen LogP contribution in [0.3, 0.4) is 0 Å². The number of nitrogens with one attached hydrogen (secondary N) is 2. The van der Waals surface area contributed by atoms with Gasteiger partial charge < -0.3 is 14.5 Å². The summed E-state index contributed by atoms with van der Waals surface area (Å²) in [5, 5.41) is 19.1. The first-order chi connectivity index (χ1) is 13.2. The minimum absolute atomic E-state index is 0.235. The minimum atomic E-state index is -0.235. The third kappa shape index (κ3) is 3.59. The number of aryl methyl sites for hydroxylation is 1. The van der Waals surface area contributed by atoms with Crippen molar-refractivity contribution in [3.8, 4) is 0 Å². The van der Waals surface area contributed by atoms with Gasteiger partial charge in [0.1, 0.15) is 12.0 Å². The van der Waals surface area contributed by atoms with E-state index in [0.29, 0.717) is 18.8 Å². The maximum Gasteiger partial charge on any atom is 0.272 e. The van der Waals surface area contributed by atoms with Crippen molar-refractivity contribution in [3.63, 3.8) is 0 Å². The van der Waals surface area contributed by atoms with Crippen molar-refractivity contribution < 1.29 is 4.79 Å². The lowest BCUT2D eigenvalue weighted by molar-refractivity contribution is 0.0944. The molecule has 0 spiro atoms. The summed E-state index contributed by atoms with van der Waals surface area (Å²) in [5.41, 5.74) is 2.38. The number of fused-ring (bicyclic) bond motifs is 1. The Hall–Kier alpha value is -3.42. The molecule has 2 N–H and O–H groups in total. The summed E-state index contributed by atoms with van der Waals surface area (Å²) < 4.78 is 4.06. The Labute approximate surface area is 156 Å². The van der Waals surface area contributed by atoms with E-state index in [2.05, 4.69) is 55.4 Å². The van der Waals surface area contributed by atoms with Gasteiger partial charge in [-0.2, -0.15) is 5.10 Å². The van der Waals surface area contributed by atoms with Gasteiger partial charge in [0.15, 0.2) is 5.82 Å². The number of benzene rings is 1. The van der Waals surface area contributed by atoms with Crippen LogP contribution in [0, 0.1) is 0 Å². The maximum absolute atomic E-state index is 12.4. The Morgan fingerprint density at radius 2 is 2.11 bits per heavy atom. The fraction of sp³-hybridized carbons (Fsp3) is 0.263. The van der Waals surface area contributed by atoms with E-state index in [0.717, 1.165) is 30.0 Å². The van der Waals surface area contributed by atoms with Crippen LogP contribution in [0.15, 0.2) is 48.9 Å². The number of hydrogen-bond acceptors (Lipinski definition) is 4. The summed E-state index contributed by atoms with van der Waals surface area (Å²) >= 11 is 0. The molecule has 0 unspecified atom stereocenters. The van der Waals surface area contributed by atoms with Gasteiger partial charge in [-0.25, -0.2) is 0 Å². The first-order valence-electron chi connectivity index (χ1n) is 8.97. The molecule has 1 aromatic carbocycles. The summed E-state index contributed by atoms with van der Waals surface area (Å²) in [6, 6.07) is 12.0. The molecule has 3 aromatic heterocycles. The molecule has 27 heavy (non-hydrogen) atoms. The normalized spacial score (nSPS) is 11.1. The Kier molecular flexibility index (Phi) is 4.69. The third-order valence-corrected chi connectivity index (χ3v) is 4.45. The molecule has 0 aliphatic heterocycles. The molecule has 0 aliphatic rings. The molecule has 8 nitrogen and oxygen atoms in total. The average molecular weight is 363 g/mol. The molecule has 8 heteroatoms. The van der Waals surface area contributed by atoms with Crippen LogP contribution in [0.4, 0.5) is 0 Å². The summed E-state index contributed by atoms with van der Waals surface area (Å²) in [7, 11) is 0. The van der Waals surface area contributed by atoms with Crippen LogP contribution in [0.2, 0.25) is 0 Å². The number of aromatic amines is 1. The number of para-hydroxylation sites is 1. The zero-order chi connectivity index (χ0) is 18.6. The Balaban J connectivity index is 1.41. The molecule has 0 bridgehead atoms. The van der Waals surface area contributed by atoms with Crippen LogP contribution in [-0.4, -0.2) is 35.4 Å². The summed E-state index contributed by atoms with van der Waals surface area (Å²) in [6.07, 6.45) is 4.70. The highest BCUT2D eigenvalue weighted by Crippen LogP contribution is 2.16. The van der Waals surface area contributed by atoms with Crippen molar-refractivity contribution in [3.05, 3.63) is 66.1 Å². The second-order valence-corrected chi connectivity index (χ2v) is 6.40. The monoisotopic (exact) mass is 363 g/mol. The number of hydrogen-bond donors (Lipinski definition) is 2. The topological polar surface area (TPSA) is 93.4 Å². The van der Waals surface area contributed by atoms with E-state index in [1.807, 2.05) is 22.9 Å². The third-order valence-electron chi connectivity index (χ3n) is 4.45. The lowest BCUT2D eigenvalue weighted by Gasteiger charge is -2.05. The van der Waals surface area contributed by atoms with Crippen LogP contribution in [0.5, 0.6) is 0 Å². The molecule has 3 heterocycles. The SMILES string of the molecule is CCCn1cnnc1CNC(=O)c1cc(Cn2ccc3ccccc32)[nH]n1. The molecule has 0 aliphatic carbocycles. The van der Waals surface area contributed by atoms with E-state index < -0.39 is 0 Å². The number of carbonyl (C=O) groups excluding carboxylic acids is 1. The zero-order valence-electron chi connectivity index (χ0n) is 15.1. The Morgan fingerprint density at radius 1 is 1.22 bits per heavy atom. The van der Waals surface area contributed by atoms with E-state index >= 15 is 0 Å². The van der Waals surface area contributed by atoms with Crippen molar-refractivity contribution in [2.45, 2.75) is 33.0 Å². The van der Waals surface area contributed by atoms with Crippen LogP contribution in [-0.2, 0) is 19.6 Å². The number of amides is 1. The molecule has 0 fully saturated rings. The molecule has 0 radical (unpaired) electrons.